The van der Waals surface area contributed by atoms with E-state index in [9.17, 15) is 35.5 Å². The van der Waals surface area contributed by atoms with Crippen molar-refractivity contribution >= 4 is 43.2 Å². The van der Waals surface area contributed by atoms with Crippen LogP contribution in [0, 0.1) is 29.4 Å². The summed E-state index contributed by atoms with van der Waals surface area (Å²) < 4.78 is 84.3. The number of sulfonamides is 2. The van der Waals surface area contributed by atoms with Crippen LogP contribution in [0.25, 0.3) is 0 Å². The van der Waals surface area contributed by atoms with Crippen LogP contribution in [0.15, 0.2) is 57.0 Å². The van der Waals surface area contributed by atoms with Crippen LogP contribution < -0.4 is 10.0 Å². The Balaban J connectivity index is 1.44. The number of carbonyl (C=O) groups is 1. The number of aliphatic hydroxyl groups is 1. The first-order chi connectivity index (χ1) is 18.8. The van der Waals surface area contributed by atoms with Crippen molar-refractivity contribution in [3.63, 3.8) is 0 Å². The third-order valence-corrected chi connectivity index (χ3v) is 10.1. The molecule has 2 aromatic carbocycles. The van der Waals surface area contributed by atoms with Crippen molar-refractivity contribution in [2.75, 3.05) is 16.3 Å². The molecule has 7 rings (SSSR count). The number of hydrogen-bond acceptors (Lipinski definition) is 7. The van der Waals surface area contributed by atoms with Crippen LogP contribution in [0.4, 0.5) is 20.2 Å². The molecule has 212 valence electrons. The summed E-state index contributed by atoms with van der Waals surface area (Å²) in [5.74, 6) is -3.17. The zero-order chi connectivity index (χ0) is 28.6. The number of fused-ring (bicyclic) bond motifs is 3. The molecule has 2 aliphatic heterocycles. The Morgan fingerprint density at radius 3 is 2.50 bits per heavy atom. The van der Waals surface area contributed by atoms with Gasteiger partial charge in [-0.3, -0.25) is 9.52 Å². The molecule has 2 heterocycles. The van der Waals surface area contributed by atoms with Crippen molar-refractivity contribution in [3.05, 3.63) is 64.9 Å². The molecule has 0 spiro atoms. The molecule has 0 saturated heterocycles. The Labute approximate surface area is 229 Å². The molecule has 3 aliphatic carbocycles. The van der Waals surface area contributed by atoms with Crippen molar-refractivity contribution in [3.8, 4) is 0 Å². The van der Waals surface area contributed by atoms with E-state index in [4.69, 9.17) is 0 Å². The zero-order valence-electron chi connectivity index (χ0n) is 21.3. The van der Waals surface area contributed by atoms with E-state index in [0.29, 0.717) is 0 Å². The summed E-state index contributed by atoms with van der Waals surface area (Å²) in [4.78, 5) is 15.1. The van der Waals surface area contributed by atoms with E-state index in [1.165, 1.54) is 17.0 Å². The smallest absolute Gasteiger partial charge is 0.286 e. The summed E-state index contributed by atoms with van der Waals surface area (Å²) in [5.41, 5.74) is -0.326. The summed E-state index contributed by atoms with van der Waals surface area (Å²) in [6, 6.07) is 6.31. The lowest BCUT2D eigenvalue weighted by Gasteiger charge is -2.54. The van der Waals surface area contributed by atoms with Crippen LogP contribution in [-0.4, -0.2) is 50.9 Å². The lowest BCUT2D eigenvalue weighted by atomic mass is 9.59. The minimum Gasteiger partial charge on any atom is -0.511 e. The Hall–Kier alpha value is -3.52. The van der Waals surface area contributed by atoms with Gasteiger partial charge in [0.1, 0.15) is 27.9 Å². The number of benzene rings is 2. The number of aliphatic hydroxyl groups excluding tert-OH is 1. The molecule has 0 radical (unpaired) electrons. The van der Waals surface area contributed by atoms with Gasteiger partial charge in [-0.2, -0.15) is 8.42 Å². The number of amides is 1. The van der Waals surface area contributed by atoms with Crippen molar-refractivity contribution < 1.29 is 35.5 Å². The second-order valence-corrected chi connectivity index (χ2v) is 14.1. The van der Waals surface area contributed by atoms with E-state index in [0.717, 1.165) is 56.2 Å². The second kappa shape index (κ2) is 9.26. The highest BCUT2D eigenvalue weighted by Crippen LogP contribution is 2.52. The molecule has 2 aromatic rings. The minimum atomic E-state index is -4.43. The van der Waals surface area contributed by atoms with Gasteiger partial charge < -0.3 is 15.3 Å². The number of amidine groups is 1. The average Bonchev–Trinajstić information content (AvgIpc) is 2.88. The number of anilines is 2. The lowest BCUT2D eigenvalue weighted by Crippen LogP contribution is -2.60. The van der Waals surface area contributed by atoms with Gasteiger partial charge in [0.05, 0.1) is 11.9 Å². The van der Waals surface area contributed by atoms with Crippen LogP contribution in [0.1, 0.15) is 31.2 Å². The maximum atomic E-state index is 14.7. The van der Waals surface area contributed by atoms with Crippen LogP contribution in [0.3, 0.4) is 0 Å². The molecular weight excluding hydrogens is 566 g/mol. The number of nitrogens with zero attached hydrogens (tertiary/aromatic N) is 2. The van der Waals surface area contributed by atoms with Gasteiger partial charge in [0.2, 0.25) is 10.0 Å². The first-order valence-electron chi connectivity index (χ1n) is 12.7. The molecule has 2 atom stereocenters. The van der Waals surface area contributed by atoms with Gasteiger partial charge in [-0.1, -0.05) is 0 Å². The molecular formula is C26H26F2N4O6S2. The van der Waals surface area contributed by atoms with Crippen LogP contribution in [0.2, 0.25) is 0 Å². The highest BCUT2D eigenvalue weighted by Gasteiger charge is 2.54. The molecule has 0 aromatic heterocycles. The van der Waals surface area contributed by atoms with Gasteiger partial charge in [-0.25, -0.2) is 17.2 Å². The standard InChI is InChI=1S/C26H26F2N4O6S2/c1-39(35,36)30-17-7-9-19-20(11-17)40(37,38)31-25(29-19)22-24(33)21-13-2-4-14(5-3-13)23(21)32(26(22)34)12-15-10-16(27)6-8-18(15)28/h6-11,13-14,21,23,30,33H,2-5,12H2,1H3,(H,29,31)/t13?,14?,21-,23+/m1/s1. The third kappa shape index (κ3) is 4.52. The summed E-state index contributed by atoms with van der Waals surface area (Å²) in [6.45, 7) is -0.263. The number of nitrogens with one attached hydrogen (secondary N) is 2. The van der Waals surface area contributed by atoms with Gasteiger partial charge >= 0.3 is 0 Å². The van der Waals surface area contributed by atoms with Gasteiger partial charge in [0, 0.05) is 29.8 Å². The largest absolute Gasteiger partial charge is 0.511 e. The van der Waals surface area contributed by atoms with Crippen LogP contribution in [0.5, 0.6) is 0 Å². The van der Waals surface area contributed by atoms with Crippen molar-refractivity contribution in [1.29, 1.82) is 0 Å². The first kappa shape index (κ1) is 26.7. The van der Waals surface area contributed by atoms with Crippen molar-refractivity contribution in [2.24, 2.45) is 22.2 Å². The SMILES string of the molecule is CS(=O)(=O)Nc1ccc2c(c1)S(=O)(=O)N=C(C1=C(O)[C@@H]3C4CCC(CC4)[C@@H]3N(Cc3cc(F)ccc3F)C1=O)N2. The fourth-order valence-electron chi connectivity index (χ4n) is 6.60. The van der Waals surface area contributed by atoms with Gasteiger partial charge in [0.15, 0.2) is 5.84 Å². The molecule has 2 bridgehead atoms. The first-order valence-corrected chi connectivity index (χ1v) is 16.1. The maximum Gasteiger partial charge on any atom is 0.286 e. The number of rotatable bonds is 5. The van der Waals surface area contributed by atoms with Crippen molar-refractivity contribution in [1.82, 2.24) is 4.90 Å². The van der Waals surface area contributed by atoms with E-state index in [1.54, 1.807) is 0 Å². The van der Waals surface area contributed by atoms with Gasteiger partial charge in [-0.05, 0) is 73.9 Å². The van der Waals surface area contributed by atoms with Crippen LogP contribution in [-0.2, 0) is 31.4 Å². The Morgan fingerprint density at radius 1 is 1.10 bits per heavy atom. The monoisotopic (exact) mass is 592 g/mol. The normalized spacial score (nSPS) is 27.0. The quantitative estimate of drug-likeness (QED) is 0.482. The number of halogens is 2. The molecule has 10 nitrogen and oxygen atoms in total. The summed E-state index contributed by atoms with van der Waals surface area (Å²) in [5, 5.41) is 14.3. The van der Waals surface area contributed by atoms with E-state index in [-0.39, 0.29) is 57.4 Å². The fraction of sp³-hybridized carbons (Fsp3) is 0.385. The Kier molecular flexibility index (Phi) is 6.18. The fourth-order valence-corrected chi connectivity index (χ4v) is 8.30. The number of hydrogen-bond donors (Lipinski definition) is 3. The molecule has 3 fully saturated rings. The van der Waals surface area contributed by atoms with Crippen LogP contribution >= 0.6 is 0 Å². The Bertz CT molecular complexity index is 1720. The molecule has 3 N–H and O–H groups in total. The maximum absolute atomic E-state index is 14.7. The predicted molar refractivity (Wildman–Crippen MR) is 142 cm³/mol. The molecule has 14 heteroatoms. The highest BCUT2D eigenvalue weighted by atomic mass is 32.2. The Morgan fingerprint density at radius 2 is 1.80 bits per heavy atom. The summed E-state index contributed by atoms with van der Waals surface area (Å²) in [6.07, 6.45) is 4.21. The highest BCUT2D eigenvalue weighted by molar-refractivity contribution is 7.92. The lowest BCUT2D eigenvalue weighted by molar-refractivity contribution is -0.140. The van der Waals surface area contributed by atoms with Crippen molar-refractivity contribution in [2.45, 2.75) is 43.2 Å². The van der Waals surface area contributed by atoms with E-state index < -0.39 is 49.5 Å². The van der Waals surface area contributed by atoms with E-state index >= 15 is 0 Å². The molecule has 40 heavy (non-hydrogen) atoms. The predicted octanol–water partition coefficient (Wildman–Crippen LogP) is 3.51. The number of carbonyl (C=O) groups excluding carboxylic acids is 1. The molecule has 1 amide bonds. The topological polar surface area (TPSA) is 145 Å². The van der Waals surface area contributed by atoms with Gasteiger partial charge in [0.25, 0.3) is 15.9 Å². The molecule has 0 unspecified atom stereocenters. The van der Waals surface area contributed by atoms with E-state index in [2.05, 4.69) is 14.4 Å². The summed E-state index contributed by atoms with van der Waals surface area (Å²) >= 11 is 0. The van der Waals surface area contributed by atoms with Gasteiger partial charge in [-0.15, -0.1) is 4.40 Å². The average molecular weight is 593 g/mol. The zero-order valence-corrected chi connectivity index (χ0v) is 22.9. The summed E-state index contributed by atoms with van der Waals surface area (Å²) in [7, 11) is -8.11. The second-order valence-electron chi connectivity index (χ2n) is 10.7. The molecule has 5 aliphatic rings. The van der Waals surface area contributed by atoms with E-state index in [1.807, 2.05) is 0 Å². The molecule has 3 saturated carbocycles. The minimum absolute atomic E-state index is 0.00504. The third-order valence-electron chi connectivity index (χ3n) is 8.19.